The first-order valence-corrected chi connectivity index (χ1v) is 10.4. The molecule has 0 bridgehead atoms. The minimum Gasteiger partial charge on any atom is -0.450 e. The van der Waals surface area contributed by atoms with Gasteiger partial charge in [0, 0.05) is 30.4 Å². The Hall–Kier alpha value is -3.75. The summed E-state index contributed by atoms with van der Waals surface area (Å²) in [5, 5.41) is 2.58. The van der Waals surface area contributed by atoms with E-state index >= 15 is 0 Å². The lowest BCUT2D eigenvalue weighted by Crippen LogP contribution is -2.48. The van der Waals surface area contributed by atoms with Gasteiger partial charge in [0.2, 0.25) is 0 Å². The molecule has 0 spiro atoms. The van der Waals surface area contributed by atoms with Gasteiger partial charge in [-0.15, -0.1) is 0 Å². The van der Waals surface area contributed by atoms with E-state index in [9.17, 15) is 23.6 Å². The molecule has 2 heterocycles. The average molecular weight is 439 g/mol. The number of nitrogens with one attached hydrogen (secondary N) is 1. The van der Waals surface area contributed by atoms with Crippen LogP contribution >= 0.6 is 0 Å². The molecule has 0 aliphatic carbocycles. The summed E-state index contributed by atoms with van der Waals surface area (Å²) < 4.78 is 18.4. The van der Waals surface area contributed by atoms with Gasteiger partial charge >= 0.3 is 6.09 Å². The third kappa shape index (κ3) is 4.05. The number of hydrogen-bond donors (Lipinski definition) is 1. The monoisotopic (exact) mass is 439 g/mol. The standard InChI is InChI=1S/C23H22FN3O5/c1-2-32-23(31)26-10-8-17(9-11-26)27-21(29)18-7-6-14(12-19(18)22(27)30)20(28)25-16-5-3-4-15(24)13-16/h3-7,12-13,17H,2,8-11H2,1H3,(H,25,28). The predicted molar refractivity (Wildman–Crippen MR) is 113 cm³/mol. The SMILES string of the molecule is CCOC(=O)N1CCC(N2C(=O)c3ccc(C(=O)Nc4cccc(F)c4)cc3C2=O)CC1. The molecule has 0 aromatic heterocycles. The van der Waals surface area contributed by atoms with Crippen molar-refractivity contribution in [3.8, 4) is 0 Å². The Balaban J connectivity index is 1.47. The Morgan fingerprint density at radius 3 is 2.47 bits per heavy atom. The third-order valence-corrected chi connectivity index (χ3v) is 5.62. The quantitative estimate of drug-likeness (QED) is 0.738. The van der Waals surface area contributed by atoms with E-state index in [1.165, 1.54) is 41.3 Å². The Kier molecular flexibility index (Phi) is 5.89. The predicted octanol–water partition coefficient (Wildman–Crippen LogP) is 3.29. The number of ether oxygens (including phenoxy) is 1. The molecule has 2 aliphatic heterocycles. The second kappa shape index (κ2) is 8.78. The zero-order valence-electron chi connectivity index (χ0n) is 17.5. The molecule has 1 N–H and O–H groups in total. The molecular formula is C23H22FN3O5. The van der Waals surface area contributed by atoms with E-state index in [1.807, 2.05) is 0 Å². The molecule has 4 amide bonds. The molecule has 0 radical (unpaired) electrons. The number of imide groups is 1. The van der Waals surface area contributed by atoms with Crippen LogP contribution in [0.4, 0.5) is 14.9 Å². The molecule has 0 atom stereocenters. The third-order valence-electron chi connectivity index (χ3n) is 5.62. The van der Waals surface area contributed by atoms with Crippen LogP contribution in [-0.4, -0.2) is 59.4 Å². The van der Waals surface area contributed by atoms with Crippen molar-refractivity contribution in [3.63, 3.8) is 0 Å². The van der Waals surface area contributed by atoms with Crippen LogP contribution in [0.2, 0.25) is 0 Å². The van der Waals surface area contributed by atoms with Crippen molar-refractivity contribution >= 4 is 29.5 Å². The summed E-state index contributed by atoms with van der Waals surface area (Å²) in [6, 6.07) is 9.45. The maximum absolute atomic E-state index is 13.4. The number of halogens is 1. The lowest BCUT2D eigenvalue weighted by Gasteiger charge is -2.35. The van der Waals surface area contributed by atoms with Crippen molar-refractivity contribution in [1.29, 1.82) is 0 Å². The normalized spacial score (nSPS) is 16.2. The van der Waals surface area contributed by atoms with Crippen molar-refractivity contribution in [1.82, 2.24) is 9.80 Å². The first-order chi connectivity index (χ1) is 15.4. The van der Waals surface area contributed by atoms with Crippen LogP contribution in [0.1, 0.15) is 50.8 Å². The molecule has 1 saturated heterocycles. The molecule has 2 aromatic carbocycles. The number of likely N-dealkylation sites (tertiary alicyclic amines) is 1. The topological polar surface area (TPSA) is 96.0 Å². The van der Waals surface area contributed by atoms with Gasteiger partial charge in [-0.05, 0) is 56.2 Å². The zero-order valence-corrected chi connectivity index (χ0v) is 17.5. The Labute approximate surface area is 183 Å². The highest BCUT2D eigenvalue weighted by Crippen LogP contribution is 2.29. The van der Waals surface area contributed by atoms with Crippen LogP contribution in [0.3, 0.4) is 0 Å². The summed E-state index contributed by atoms with van der Waals surface area (Å²) >= 11 is 0. The molecule has 2 aliphatic rings. The molecule has 9 heteroatoms. The van der Waals surface area contributed by atoms with Gasteiger partial charge in [0.1, 0.15) is 5.82 Å². The van der Waals surface area contributed by atoms with Gasteiger partial charge in [-0.1, -0.05) is 6.07 Å². The smallest absolute Gasteiger partial charge is 0.409 e. The maximum atomic E-state index is 13.4. The van der Waals surface area contributed by atoms with Crippen molar-refractivity contribution in [2.24, 2.45) is 0 Å². The molecule has 166 valence electrons. The lowest BCUT2D eigenvalue weighted by atomic mass is 10.0. The van der Waals surface area contributed by atoms with Crippen LogP contribution in [0, 0.1) is 5.82 Å². The second-order valence-corrected chi connectivity index (χ2v) is 7.62. The summed E-state index contributed by atoms with van der Waals surface area (Å²) in [5.41, 5.74) is 0.876. The largest absolute Gasteiger partial charge is 0.450 e. The number of piperidine rings is 1. The van der Waals surface area contributed by atoms with E-state index in [0.29, 0.717) is 25.9 Å². The minimum absolute atomic E-state index is 0.162. The highest BCUT2D eigenvalue weighted by molar-refractivity contribution is 6.22. The van der Waals surface area contributed by atoms with Gasteiger partial charge in [-0.25, -0.2) is 9.18 Å². The van der Waals surface area contributed by atoms with Crippen molar-refractivity contribution < 1.29 is 28.3 Å². The summed E-state index contributed by atoms with van der Waals surface area (Å²) in [5.74, 6) is -1.86. The number of carbonyl (C=O) groups excluding carboxylic acids is 4. The Bertz CT molecular complexity index is 1090. The maximum Gasteiger partial charge on any atom is 0.409 e. The molecule has 2 aromatic rings. The number of carbonyl (C=O) groups is 4. The fourth-order valence-electron chi connectivity index (χ4n) is 4.02. The van der Waals surface area contributed by atoms with E-state index < -0.39 is 29.6 Å². The number of amides is 4. The van der Waals surface area contributed by atoms with Gasteiger partial charge in [0.25, 0.3) is 17.7 Å². The molecule has 1 fully saturated rings. The molecule has 4 rings (SSSR count). The van der Waals surface area contributed by atoms with E-state index in [1.54, 1.807) is 17.9 Å². The van der Waals surface area contributed by atoms with E-state index in [2.05, 4.69) is 5.32 Å². The van der Waals surface area contributed by atoms with Crippen LogP contribution in [0.15, 0.2) is 42.5 Å². The number of anilines is 1. The molecule has 0 saturated carbocycles. The van der Waals surface area contributed by atoms with Crippen LogP contribution in [0.25, 0.3) is 0 Å². The van der Waals surface area contributed by atoms with Crippen molar-refractivity contribution in [2.45, 2.75) is 25.8 Å². The highest BCUT2D eigenvalue weighted by atomic mass is 19.1. The Morgan fingerprint density at radius 2 is 1.78 bits per heavy atom. The average Bonchev–Trinajstić information content (AvgIpc) is 3.03. The summed E-state index contributed by atoms with van der Waals surface area (Å²) in [6.07, 6.45) is 0.510. The number of nitrogens with zero attached hydrogens (tertiary/aromatic N) is 2. The first-order valence-electron chi connectivity index (χ1n) is 10.4. The Morgan fingerprint density at radius 1 is 1.06 bits per heavy atom. The van der Waals surface area contributed by atoms with Crippen LogP contribution in [-0.2, 0) is 4.74 Å². The summed E-state index contributed by atoms with van der Waals surface area (Å²) in [7, 11) is 0. The van der Waals surface area contributed by atoms with Crippen molar-refractivity contribution in [3.05, 3.63) is 65.0 Å². The van der Waals surface area contributed by atoms with Crippen LogP contribution < -0.4 is 5.32 Å². The van der Waals surface area contributed by atoms with Gasteiger partial charge in [-0.2, -0.15) is 0 Å². The van der Waals surface area contributed by atoms with E-state index in [4.69, 9.17) is 4.74 Å². The minimum atomic E-state index is -0.514. The molecule has 8 nitrogen and oxygen atoms in total. The van der Waals surface area contributed by atoms with Crippen LogP contribution in [0.5, 0.6) is 0 Å². The van der Waals surface area contributed by atoms with Gasteiger partial charge in [0.15, 0.2) is 0 Å². The highest BCUT2D eigenvalue weighted by Gasteiger charge is 2.41. The molecular weight excluding hydrogens is 417 g/mol. The number of hydrogen-bond acceptors (Lipinski definition) is 5. The zero-order chi connectivity index (χ0) is 22.8. The molecule has 0 unspecified atom stereocenters. The van der Waals surface area contributed by atoms with E-state index in [0.717, 1.165) is 0 Å². The summed E-state index contributed by atoms with van der Waals surface area (Å²) in [4.78, 5) is 53.1. The lowest BCUT2D eigenvalue weighted by molar-refractivity contribution is 0.0485. The first kappa shape index (κ1) is 21.5. The van der Waals surface area contributed by atoms with Gasteiger partial charge < -0.3 is 15.0 Å². The number of benzene rings is 2. The van der Waals surface area contributed by atoms with E-state index in [-0.39, 0.29) is 35.0 Å². The van der Waals surface area contributed by atoms with Gasteiger partial charge in [0.05, 0.1) is 17.7 Å². The number of rotatable bonds is 4. The summed E-state index contributed by atoms with van der Waals surface area (Å²) in [6.45, 7) is 2.79. The fourth-order valence-corrected chi connectivity index (χ4v) is 4.02. The van der Waals surface area contributed by atoms with Gasteiger partial charge in [-0.3, -0.25) is 19.3 Å². The second-order valence-electron chi connectivity index (χ2n) is 7.62. The number of fused-ring (bicyclic) bond motifs is 1. The van der Waals surface area contributed by atoms with Crippen molar-refractivity contribution in [2.75, 3.05) is 25.0 Å². The molecule has 32 heavy (non-hydrogen) atoms. The fraction of sp³-hybridized carbons (Fsp3) is 0.304.